The number of benzene rings is 2. The van der Waals surface area contributed by atoms with Gasteiger partial charge in [-0.25, -0.2) is 0 Å². The van der Waals surface area contributed by atoms with Crippen LogP contribution in [0.1, 0.15) is 16.7 Å². The lowest BCUT2D eigenvalue weighted by molar-refractivity contribution is 0.786. The fourth-order valence-electron chi connectivity index (χ4n) is 2.05. The summed E-state index contributed by atoms with van der Waals surface area (Å²) in [7, 11) is 2.00. The maximum Gasteiger partial charge on any atom is -0.00113 e. The van der Waals surface area contributed by atoms with Gasteiger partial charge in [0.05, 0.1) is 0 Å². The Morgan fingerprint density at radius 1 is 0.824 bits per heavy atom. The van der Waals surface area contributed by atoms with Crippen molar-refractivity contribution < 1.29 is 0 Å². The Bertz CT molecular complexity index is 448. The van der Waals surface area contributed by atoms with E-state index in [0.29, 0.717) is 0 Å². The van der Waals surface area contributed by atoms with Crippen molar-refractivity contribution in [1.29, 1.82) is 0 Å². The molecule has 2 rings (SSSR count). The fourth-order valence-corrected chi connectivity index (χ4v) is 2.05. The molecule has 2 aromatic carbocycles. The molecule has 0 amide bonds. The van der Waals surface area contributed by atoms with Crippen molar-refractivity contribution >= 4 is 0 Å². The largest absolute Gasteiger partial charge is 0.319 e. The number of hydrogen-bond donors (Lipinski definition) is 1. The second kappa shape index (κ2) is 6.21. The average molecular weight is 225 g/mol. The first-order valence-electron chi connectivity index (χ1n) is 6.15. The Hall–Kier alpha value is -1.60. The van der Waals surface area contributed by atoms with Crippen LogP contribution in [0, 0.1) is 0 Å². The Kier molecular flexibility index (Phi) is 4.34. The van der Waals surface area contributed by atoms with Crippen molar-refractivity contribution in [1.82, 2.24) is 5.32 Å². The normalized spacial score (nSPS) is 10.4. The molecule has 0 unspecified atom stereocenters. The van der Waals surface area contributed by atoms with E-state index in [2.05, 4.69) is 59.9 Å². The second-order valence-corrected chi connectivity index (χ2v) is 4.28. The molecule has 0 saturated heterocycles. The quantitative estimate of drug-likeness (QED) is 0.824. The summed E-state index contributed by atoms with van der Waals surface area (Å²) in [4.78, 5) is 0. The molecule has 1 heteroatoms. The first kappa shape index (κ1) is 11.9. The molecule has 88 valence electrons. The van der Waals surface area contributed by atoms with Gasteiger partial charge in [0.15, 0.2) is 0 Å². The van der Waals surface area contributed by atoms with Crippen LogP contribution < -0.4 is 5.32 Å². The zero-order valence-electron chi connectivity index (χ0n) is 10.3. The van der Waals surface area contributed by atoms with Gasteiger partial charge in [0, 0.05) is 0 Å². The zero-order valence-corrected chi connectivity index (χ0v) is 10.3. The van der Waals surface area contributed by atoms with Crippen LogP contribution in [0.2, 0.25) is 0 Å². The smallest absolute Gasteiger partial charge is 0.00113 e. The summed E-state index contributed by atoms with van der Waals surface area (Å²) >= 11 is 0. The SMILES string of the molecule is CNCCc1ccccc1Cc1ccccc1. The van der Waals surface area contributed by atoms with E-state index in [1.807, 2.05) is 7.05 Å². The van der Waals surface area contributed by atoms with E-state index in [-0.39, 0.29) is 0 Å². The standard InChI is InChI=1S/C16H19N/c1-17-12-11-15-9-5-6-10-16(15)13-14-7-3-2-4-8-14/h2-10,17H,11-13H2,1H3. The molecule has 0 aromatic heterocycles. The lowest BCUT2D eigenvalue weighted by Gasteiger charge is -2.09. The molecule has 1 N–H and O–H groups in total. The van der Waals surface area contributed by atoms with Crippen LogP contribution in [-0.2, 0) is 12.8 Å². The van der Waals surface area contributed by atoms with E-state index >= 15 is 0 Å². The molecule has 0 saturated carbocycles. The Morgan fingerprint density at radius 2 is 1.47 bits per heavy atom. The molecule has 0 heterocycles. The van der Waals surface area contributed by atoms with Gasteiger partial charge < -0.3 is 5.32 Å². The van der Waals surface area contributed by atoms with Crippen LogP contribution in [0.15, 0.2) is 54.6 Å². The van der Waals surface area contributed by atoms with Gasteiger partial charge in [0.2, 0.25) is 0 Å². The topological polar surface area (TPSA) is 12.0 Å². The highest BCUT2D eigenvalue weighted by Crippen LogP contribution is 2.14. The summed E-state index contributed by atoms with van der Waals surface area (Å²) < 4.78 is 0. The molecule has 0 bridgehead atoms. The first-order chi connectivity index (χ1) is 8.40. The van der Waals surface area contributed by atoms with Crippen LogP contribution in [0.5, 0.6) is 0 Å². The van der Waals surface area contributed by atoms with Crippen molar-refractivity contribution in [3.05, 3.63) is 71.3 Å². The molecule has 0 aliphatic carbocycles. The maximum atomic E-state index is 3.21. The van der Waals surface area contributed by atoms with Gasteiger partial charge in [0.1, 0.15) is 0 Å². The summed E-state index contributed by atoms with van der Waals surface area (Å²) in [6.45, 7) is 1.03. The van der Waals surface area contributed by atoms with Gasteiger partial charge in [-0.05, 0) is 43.1 Å². The Morgan fingerprint density at radius 3 is 2.18 bits per heavy atom. The minimum Gasteiger partial charge on any atom is -0.319 e. The van der Waals surface area contributed by atoms with Crippen LogP contribution in [-0.4, -0.2) is 13.6 Å². The monoisotopic (exact) mass is 225 g/mol. The second-order valence-electron chi connectivity index (χ2n) is 4.28. The van der Waals surface area contributed by atoms with Gasteiger partial charge in [-0.3, -0.25) is 0 Å². The lowest BCUT2D eigenvalue weighted by Crippen LogP contribution is -2.11. The van der Waals surface area contributed by atoms with E-state index in [9.17, 15) is 0 Å². The van der Waals surface area contributed by atoms with Gasteiger partial charge in [-0.15, -0.1) is 0 Å². The Balaban J connectivity index is 2.15. The predicted molar refractivity (Wildman–Crippen MR) is 73.3 cm³/mol. The Labute approximate surface area is 103 Å². The molecule has 0 atom stereocenters. The minimum absolute atomic E-state index is 1.03. The molecular weight excluding hydrogens is 206 g/mol. The highest BCUT2D eigenvalue weighted by Gasteiger charge is 2.02. The number of nitrogens with one attached hydrogen (secondary N) is 1. The van der Waals surface area contributed by atoms with E-state index in [1.54, 1.807) is 0 Å². The number of rotatable bonds is 5. The van der Waals surface area contributed by atoms with Crippen LogP contribution >= 0.6 is 0 Å². The van der Waals surface area contributed by atoms with Crippen molar-refractivity contribution in [2.45, 2.75) is 12.8 Å². The zero-order chi connectivity index (χ0) is 11.9. The van der Waals surface area contributed by atoms with E-state index in [1.165, 1.54) is 16.7 Å². The summed E-state index contributed by atoms with van der Waals surface area (Å²) in [6.07, 6.45) is 2.13. The molecular formula is C16H19N. The third kappa shape index (κ3) is 3.43. The molecule has 0 aliphatic heterocycles. The van der Waals surface area contributed by atoms with Crippen molar-refractivity contribution in [2.75, 3.05) is 13.6 Å². The molecule has 17 heavy (non-hydrogen) atoms. The van der Waals surface area contributed by atoms with Crippen molar-refractivity contribution in [2.24, 2.45) is 0 Å². The van der Waals surface area contributed by atoms with E-state index in [0.717, 1.165) is 19.4 Å². The van der Waals surface area contributed by atoms with Gasteiger partial charge in [-0.2, -0.15) is 0 Å². The summed E-state index contributed by atoms with van der Waals surface area (Å²) in [6, 6.07) is 19.4. The molecule has 2 aromatic rings. The number of hydrogen-bond acceptors (Lipinski definition) is 1. The third-order valence-corrected chi connectivity index (χ3v) is 3.00. The highest BCUT2D eigenvalue weighted by molar-refractivity contribution is 5.32. The van der Waals surface area contributed by atoms with Crippen molar-refractivity contribution in [3.63, 3.8) is 0 Å². The third-order valence-electron chi connectivity index (χ3n) is 3.00. The minimum atomic E-state index is 1.03. The van der Waals surface area contributed by atoms with Crippen LogP contribution in [0.25, 0.3) is 0 Å². The lowest BCUT2D eigenvalue weighted by atomic mass is 9.98. The fraction of sp³-hybridized carbons (Fsp3) is 0.250. The van der Waals surface area contributed by atoms with Crippen molar-refractivity contribution in [3.8, 4) is 0 Å². The summed E-state index contributed by atoms with van der Waals surface area (Å²) in [5, 5.41) is 3.21. The molecule has 0 radical (unpaired) electrons. The molecule has 0 spiro atoms. The first-order valence-corrected chi connectivity index (χ1v) is 6.15. The molecule has 0 aliphatic rings. The molecule has 0 fully saturated rings. The summed E-state index contributed by atoms with van der Waals surface area (Å²) in [5.41, 5.74) is 4.27. The number of likely N-dealkylation sites (N-methyl/N-ethyl adjacent to an activating group) is 1. The van der Waals surface area contributed by atoms with E-state index < -0.39 is 0 Å². The van der Waals surface area contributed by atoms with E-state index in [4.69, 9.17) is 0 Å². The van der Waals surface area contributed by atoms with Gasteiger partial charge in [-0.1, -0.05) is 54.6 Å². The molecule has 1 nitrogen and oxygen atoms in total. The highest BCUT2D eigenvalue weighted by atomic mass is 14.8. The average Bonchev–Trinajstić information content (AvgIpc) is 2.39. The van der Waals surface area contributed by atoms with Crippen LogP contribution in [0.4, 0.5) is 0 Å². The van der Waals surface area contributed by atoms with Gasteiger partial charge in [0.25, 0.3) is 0 Å². The summed E-state index contributed by atoms with van der Waals surface area (Å²) in [5.74, 6) is 0. The predicted octanol–water partition coefficient (Wildman–Crippen LogP) is 3.04. The van der Waals surface area contributed by atoms with Gasteiger partial charge >= 0.3 is 0 Å². The maximum absolute atomic E-state index is 3.21. The van der Waals surface area contributed by atoms with Crippen LogP contribution in [0.3, 0.4) is 0 Å².